The molecule has 1 aliphatic heterocycles. The van der Waals surface area contributed by atoms with E-state index in [9.17, 15) is 0 Å². The fourth-order valence-corrected chi connectivity index (χ4v) is 2.38. The lowest BCUT2D eigenvalue weighted by atomic mass is 10.2. The SMILES string of the molecule is CN1CCCN(CCCCNC2CC2)CC1. The second kappa shape index (κ2) is 6.58. The standard InChI is InChI=1S/C13H27N3/c1-15-8-4-10-16(12-11-15)9-3-2-7-14-13-5-6-13/h13-14H,2-12H2,1H3. The van der Waals surface area contributed by atoms with Crippen molar-refractivity contribution in [3.63, 3.8) is 0 Å². The van der Waals surface area contributed by atoms with Gasteiger partial charge in [-0.3, -0.25) is 0 Å². The molecule has 0 atom stereocenters. The quantitative estimate of drug-likeness (QED) is 0.684. The summed E-state index contributed by atoms with van der Waals surface area (Å²) in [6.07, 6.45) is 6.89. The van der Waals surface area contributed by atoms with Crippen LogP contribution in [0.1, 0.15) is 32.1 Å². The third-order valence-corrected chi connectivity index (χ3v) is 3.72. The Balaban J connectivity index is 1.47. The molecule has 2 rings (SSSR count). The van der Waals surface area contributed by atoms with Crippen LogP contribution in [0.5, 0.6) is 0 Å². The van der Waals surface area contributed by atoms with E-state index in [4.69, 9.17) is 0 Å². The van der Waals surface area contributed by atoms with Crippen molar-refractivity contribution in [2.75, 3.05) is 46.3 Å². The Labute approximate surface area is 100 Å². The van der Waals surface area contributed by atoms with E-state index in [2.05, 4.69) is 22.2 Å². The molecule has 0 unspecified atom stereocenters. The van der Waals surface area contributed by atoms with Crippen LogP contribution < -0.4 is 5.32 Å². The van der Waals surface area contributed by atoms with E-state index in [-0.39, 0.29) is 0 Å². The zero-order valence-electron chi connectivity index (χ0n) is 10.7. The Morgan fingerprint density at radius 1 is 1.06 bits per heavy atom. The summed E-state index contributed by atoms with van der Waals surface area (Å²) in [5, 5.41) is 3.59. The van der Waals surface area contributed by atoms with E-state index in [0.29, 0.717) is 0 Å². The van der Waals surface area contributed by atoms with Crippen LogP contribution in [0.4, 0.5) is 0 Å². The molecule has 1 saturated carbocycles. The molecule has 3 heteroatoms. The van der Waals surface area contributed by atoms with Gasteiger partial charge in [0, 0.05) is 19.1 Å². The zero-order valence-corrected chi connectivity index (χ0v) is 10.7. The first-order chi connectivity index (χ1) is 7.84. The number of nitrogens with zero attached hydrogens (tertiary/aromatic N) is 2. The first-order valence-electron chi connectivity index (χ1n) is 6.99. The Bertz CT molecular complexity index is 192. The molecule has 0 aromatic carbocycles. The van der Waals surface area contributed by atoms with Gasteiger partial charge in [0.15, 0.2) is 0 Å². The molecule has 0 spiro atoms. The van der Waals surface area contributed by atoms with Crippen molar-refractivity contribution in [1.82, 2.24) is 15.1 Å². The largest absolute Gasteiger partial charge is 0.314 e. The van der Waals surface area contributed by atoms with Gasteiger partial charge in [0.25, 0.3) is 0 Å². The molecule has 3 nitrogen and oxygen atoms in total. The molecule has 1 N–H and O–H groups in total. The topological polar surface area (TPSA) is 18.5 Å². The molecule has 16 heavy (non-hydrogen) atoms. The van der Waals surface area contributed by atoms with E-state index < -0.39 is 0 Å². The maximum atomic E-state index is 3.59. The smallest absolute Gasteiger partial charge is 0.0109 e. The van der Waals surface area contributed by atoms with E-state index in [0.717, 1.165) is 6.04 Å². The van der Waals surface area contributed by atoms with E-state index >= 15 is 0 Å². The lowest BCUT2D eigenvalue weighted by Crippen LogP contribution is -2.30. The highest BCUT2D eigenvalue weighted by molar-refractivity contribution is 4.80. The molecule has 0 aromatic heterocycles. The molecule has 2 aliphatic rings. The molecule has 1 aliphatic carbocycles. The number of nitrogens with one attached hydrogen (secondary N) is 1. The summed E-state index contributed by atoms with van der Waals surface area (Å²) in [6, 6.07) is 0.881. The predicted octanol–water partition coefficient (Wildman–Crippen LogP) is 1.16. The van der Waals surface area contributed by atoms with Crippen LogP contribution in [-0.2, 0) is 0 Å². The van der Waals surface area contributed by atoms with Gasteiger partial charge in [0.2, 0.25) is 0 Å². The summed E-state index contributed by atoms with van der Waals surface area (Å²) in [5.74, 6) is 0. The van der Waals surface area contributed by atoms with Crippen molar-refractivity contribution in [2.24, 2.45) is 0 Å². The first-order valence-corrected chi connectivity index (χ1v) is 6.99. The van der Waals surface area contributed by atoms with Crippen LogP contribution in [0.25, 0.3) is 0 Å². The van der Waals surface area contributed by atoms with Crippen LogP contribution in [0.15, 0.2) is 0 Å². The van der Waals surface area contributed by atoms with Gasteiger partial charge in [-0.05, 0) is 65.3 Å². The summed E-state index contributed by atoms with van der Waals surface area (Å²) < 4.78 is 0. The average Bonchev–Trinajstić information content (AvgIpc) is 3.07. The molecular weight excluding hydrogens is 198 g/mol. The predicted molar refractivity (Wildman–Crippen MR) is 68.8 cm³/mol. The maximum absolute atomic E-state index is 3.59. The molecule has 0 amide bonds. The van der Waals surface area contributed by atoms with Gasteiger partial charge in [0.05, 0.1) is 0 Å². The van der Waals surface area contributed by atoms with Crippen LogP contribution in [0.2, 0.25) is 0 Å². The van der Waals surface area contributed by atoms with E-state index in [1.807, 2.05) is 0 Å². The molecule has 94 valence electrons. The van der Waals surface area contributed by atoms with Crippen molar-refractivity contribution < 1.29 is 0 Å². The third kappa shape index (κ3) is 4.81. The van der Waals surface area contributed by atoms with Crippen molar-refractivity contribution in [3.05, 3.63) is 0 Å². The second-order valence-electron chi connectivity index (χ2n) is 5.43. The van der Waals surface area contributed by atoms with Crippen molar-refractivity contribution in [3.8, 4) is 0 Å². The average molecular weight is 225 g/mol. The molecule has 1 saturated heterocycles. The number of likely N-dealkylation sites (N-methyl/N-ethyl adjacent to an activating group) is 1. The summed E-state index contributed by atoms with van der Waals surface area (Å²) in [7, 11) is 2.24. The molecule has 0 bridgehead atoms. The highest BCUT2D eigenvalue weighted by Crippen LogP contribution is 2.18. The lowest BCUT2D eigenvalue weighted by Gasteiger charge is -2.19. The van der Waals surface area contributed by atoms with Crippen molar-refractivity contribution in [2.45, 2.75) is 38.1 Å². The Kier molecular flexibility index (Phi) is 5.07. The fraction of sp³-hybridized carbons (Fsp3) is 1.00. The summed E-state index contributed by atoms with van der Waals surface area (Å²) >= 11 is 0. The van der Waals surface area contributed by atoms with Crippen LogP contribution in [0.3, 0.4) is 0 Å². The molecule has 1 heterocycles. The summed E-state index contributed by atoms with van der Waals surface area (Å²) in [4.78, 5) is 5.09. The molecule has 2 fully saturated rings. The second-order valence-corrected chi connectivity index (χ2v) is 5.43. The van der Waals surface area contributed by atoms with E-state index in [1.165, 1.54) is 71.4 Å². The fourth-order valence-electron chi connectivity index (χ4n) is 2.38. The molecular formula is C13H27N3. The number of hydrogen-bond acceptors (Lipinski definition) is 3. The third-order valence-electron chi connectivity index (χ3n) is 3.72. The van der Waals surface area contributed by atoms with Gasteiger partial charge >= 0.3 is 0 Å². The maximum Gasteiger partial charge on any atom is 0.0109 e. The molecule has 0 aromatic rings. The van der Waals surface area contributed by atoms with Crippen LogP contribution >= 0.6 is 0 Å². The Morgan fingerprint density at radius 2 is 1.94 bits per heavy atom. The van der Waals surface area contributed by atoms with Gasteiger partial charge in [-0.25, -0.2) is 0 Å². The van der Waals surface area contributed by atoms with Crippen molar-refractivity contribution in [1.29, 1.82) is 0 Å². The Hall–Kier alpha value is -0.120. The highest BCUT2D eigenvalue weighted by atomic mass is 15.2. The molecule has 0 radical (unpaired) electrons. The first kappa shape index (κ1) is 12.3. The lowest BCUT2D eigenvalue weighted by molar-refractivity contribution is 0.271. The van der Waals surface area contributed by atoms with Gasteiger partial charge in [-0.1, -0.05) is 0 Å². The van der Waals surface area contributed by atoms with Gasteiger partial charge in [-0.15, -0.1) is 0 Å². The van der Waals surface area contributed by atoms with E-state index in [1.54, 1.807) is 0 Å². The minimum atomic E-state index is 0.881. The highest BCUT2D eigenvalue weighted by Gasteiger charge is 2.19. The van der Waals surface area contributed by atoms with Crippen LogP contribution in [-0.4, -0.2) is 62.2 Å². The normalized spacial score (nSPS) is 24.6. The minimum Gasteiger partial charge on any atom is -0.314 e. The van der Waals surface area contributed by atoms with Gasteiger partial charge in [0.1, 0.15) is 0 Å². The minimum absolute atomic E-state index is 0.881. The summed E-state index contributed by atoms with van der Waals surface area (Å²) in [5.41, 5.74) is 0. The number of unbranched alkanes of at least 4 members (excludes halogenated alkanes) is 1. The van der Waals surface area contributed by atoms with Gasteiger partial charge < -0.3 is 15.1 Å². The van der Waals surface area contributed by atoms with Crippen LogP contribution in [0, 0.1) is 0 Å². The zero-order chi connectivity index (χ0) is 11.2. The monoisotopic (exact) mass is 225 g/mol. The number of hydrogen-bond donors (Lipinski definition) is 1. The van der Waals surface area contributed by atoms with Crippen molar-refractivity contribution >= 4 is 0 Å². The van der Waals surface area contributed by atoms with Gasteiger partial charge in [-0.2, -0.15) is 0 Å². The Morgan fingerprint density at radius 3 is 2.75 bits per heavy atom. The number of rotatable bonds is 6. The summed E-state index contributed by atoms with van der Waals surface area (Å²) in [6.45, 7) is 7.64.